The highest BCUT2D eigenvalue weighted by atomic mass is 31.2. The summed E-state index contributed by atoms with van der Waals surface area (Å²) < 4.78 is 23.7. The van der Waals surface area contributed by atoms with Crippen molar-refractivity contribution < 1.29 is 13.6 Å². The molecule has 0 amide bonds. The van der Waals surface area contributed by atoms with E-state index in [1.165, 1.54) is 14.2 Å². The summed E-state index contributed by atoms with van der Waals surface area (Å²) in [6, 6.07) is 20.2. The predicted molar refractivity (Wildman–Crippen MR) is 103 cm³/mol. The lowest BCUT2D eigenvalue weighted by Crippen LogP contribution is -2.35. The maximum absolute atomic E-state index is 13.1. The SMILES string of the molecule is COP(=O)(OC)C(CC(C)C)NC(c1ccccc1)c1ccccc1. The molecule has 4 nitrogen and oxygen atoms in total. The van der Waals surface area contributed by atoms with Crippen LogP contribution >= 0.6 is 7.60 Å². The molecule has 5 heteroatoms. The van der Waals surface area contributed by atoms with Crippen LogP contribution in [0, 0.1) is 5.92 Å². The lowest BCUT2D eigenvalue weighted by Gasteiger charge is -2.31. The number of hydrogen-bond acceptors (Lipinski definition) is 4. The zero-order chi connectivity index (χ0) is 18.3. The number of nitrogens with one attached hydrogen (secondary N) is 1. The lowest BCUT2D eigenvalue weighted by molar-refractivity contribution is 0.249. The monoisotopic (exact) mass is 361 g/mol. The molecule has 1 unspecified atom stereocenters. The molecule has 2 aromatic carbocycles. The van der Waals surface area contributed by atoms with Gasteiger partial charge in [-0.2, -0.15) is 0 Å². The average Bonchev–Trinajstić information content (AvgIpc) is 2.65. The highest BCUT2D eigenvalue weighted by Gasteiger charge is 2.36. The van der Waals surface area contributed by atoms with Crippen molar-refractivity contribution in [3.8, 4) is 0 Å². The Labute approximate surface area is 151 Å². The van der Waals surface area contributed by atoms with Gasteiger partial charge in [-0.1, -0.05) is 74.5 Å². The molecule has 25 heavy (non-hydrogen) atoms. The van der Waals surface area contributed by atoms with Crippen LogP contribution in [0.2, 0.25) is 0 Å². The molecule has 0 saturated carbocycles. The van der Waals surface area contributed by atoms with Crippen LogP contribution in [0.3, 0.4) is 0 Å². The molecule has 0 aliphatic heterocycles. The molecule has 0 spiro atoms. The minimum absolute atomic E-state index is 0.0928. The van der Waals surface area contributed by atoms with Crippen molar-refractivity contribution in [2.24, 2.45) is 5.92 Å². The fourth-order valence-corrected chi connectivity index (χ4v) is 4.60. The van der Waals surface area contributed by atoms with Gasteiger partial charge in [0, 0.05) is 14.2 Å². The normalized spacial score (nSPS) is 13.4. The molecule has 0 aromatic heterocycles. The van der Waals surface area contributed by atoms with E-state index in [9.17, 15) is 4.57 Å². The smallest absolute Gasteiger partial charge is 0.311 e. The maximum atomic E-state index is 13.1. The third-order valence-corrected chi connectivity index (χ3v) is 6.35. The van der Waals surface area contributed by atoms with Crippen LogP contribution in [0.4, 0.5) is 0 Å². The summed E-state index contributed by atoms with van der Waals surface area (Å²) in [7, 11) is -0.364. The summed E-state index contributed by atoms with van der Waals surface area (Å²) in [5.41, 5.74) is 2.22. The minimum Gasteiger partial charge on any atom is -0.311 e. The first kappa shape index (κ1) is 19.9. The summed E-state index contributed by atoms with van der Waals surface area (Å²) in [6.45, 7) is 4.20. The first-order chi connectivity index (χ1) is 12.0. The third-order valence-electron chi connectivity index (χ3n) is 4.21. The van der Waals surface area contributed by atoms with E-state index in [1.54, 1.807) is 0 Å². The second kappa shape index (κ2) is 9.30. The Morgan fingerprint density at radius 1 is 0.880 bits per heavy atom. The second-order valence-electron chi connectivity index (χ2n) is 6.47. The predicted octanol–water partition coefficient (Wildman–Crippen LogP) is 5.22. The minimum atomic E-state index is -3.25. The molecule has 0 fully saturated rings. The Balaban J connectivity index is 2.40. The molecule has 2 rings (SSSR count). The first-order valence-corrected chi connectivity index (χ1v) is 10.2. The molecule has 0 saturated heterocycles. The highest BCUT2D eigenvalue weighted by molar-refractivity contribution is 7.54. The van der Waals surface area contributed by atoms with Gasteiger partial charge in [-0.3, -0.25) is 9.88 Å². The molecule has 2 aromatic rings. The average molecular weight is 361 g/mol. The van der Waals surface area contributed by atoms with E-state index in [4.69, 9.17) is 9.05 Å². The van der Waals surface area contributed by atoms with E-state index >= 15 is 0 Å². The Kier molecular flexibility index (Phi) is 7.39. The van der Waals surface area contributed by atoms with Crippen LogP contribution in [0.25, 0.3) is 0 Å². The highest BCUT2D eigenvalue weighted by Crippen LogP contribution is 2.53. The van der Waals surface area contributed by atoms with Crippen molar-refractivity contribution in [3.63, 3.8) is 0 Å². The van der Waals surface area contributed by atoms with Gasteiger partial charge in [0.1, 0.15) is 5.78 Å². The number of hydrogen-bond donors (Lipinski definition) is 1. The van der Waals surface area contributed by atoms with Gasteiger partial charge >= 0.3 is 7.60 Å². The third kappa shape index (κ3) is 5.26. The van der Waals surface area contributed by atoms with Gasteiger partial charge in [-0.05, 0) is 23.5 Å². The maximum Gasteiger partial charge on any atom is 0.346 e. The van der Waals surface area contributed by atoms with Crippen molar-refractivity contribution in [2.45, 2.75) is 32.1 Å². The summed E-state index contributed by atoms with van der Waals surface area (Å²) in [5.74, 6) is -0.0452. The van der Waals surface area contributed by atoms with E-state index in [1.807, 2.05) is 36.4 Å². The van der Waals surface area contributed by atoms with Gasteiger partial charge in [0.15, 0.2) is 0 Å². The molecule has 0 heterocycles. The summed E-state index contributed by atoms with van der Waals surface area (Å²) in [6.07, 6.45) is 0.690. The van der Waals surface area contributed by atoms with Gasteiger partial charge in [-0.15, -0.1) is 0 Å². The Bertz CT molecular complexity index is 628. The van der Waals surface area contributed by atoms with Gasteiger partial charge in [0.2, 0.25) is 0 Å². The largest absolute Gasteiger partial charge is 0.346 e. The van der Waals surface area contributed by atoms with Gasteiger partial charge in [-0.25, -0.2) is 0 Å². The zero-order valence-corrected chi connectivity index (χ0v) is 16.3. The topological polar surface area (TPSA) is 47.6 Å². The molecular formula is C20H28NO3P. The first-order valence-electron chi connectivity index (χ1n) is 8.57. The van der Waals surface area contributed by atoms with Crippen LogP contribution in [-0.4, -0.2) is 20.0 Å². The molecule has 0 radical (unpaired) electrons. The molecule has 0 bridgehead atoms. The van der Waals surface area contributed by atoms with E-state index < -0.39 is 13.4 Å². The summed E-state index contributed by atoms with van der Waals surface area (Å²) in [4.78, 5) is 0. The van der Waals surface area contributed by atoms with Crippen LogP contribution in [0.5, 0.6) is 0 Å². The van der Waals surface area contributed by atoms with Gasteiger partial charge < -0.3 is 9.05 Å². The van der Waals surface area contributed by atoms with E-state index in [-0.39, 0.29) is 6.04 Å². The van der Waals surface area contributed by atoms with Crippen molar-refractivity contribution in [1.82, 2.24) is 5.32 Å². The van der Waals surface area contributed by atoms with E-state index in [0.717, 1.165) is 11.1 Å². The number of rotatable bonds is 9. The molecule has 1 atom stereocenters. The van der Waals surface area contributed by atoms with E-state index in [2.05, 4.69) is 43.4 Å². The van der Waals surface area contributed by atoms with Crippen LogP contribution in [-0.2, 0) is 13.6 Å². The summed E-state index contributed by atoms with van der Waals surface area (Å²) >= 11 is 0. The van der Waals surface area contributed by atoms with Crippen molar-refractivity contribution in [1.29, 1.82) is 0 Å². The van der Waals surface area contributed by atoms with Crippen LogP contribution < -0.4 is 5.32 Å². The quantitative estimate of drug-likeness (QED) is 0.622. The van der Waals surface area contributed by atoms with Crippen molar-refractivity contribution >= 4 is 7.60 Å². The van der Waals surface area contributed by atoms with Crippen molar-refractivity contribution in [3.05, 3.63) is 71.8 Å². The standard InChI is InChI=1S/C20H28NO3P/c1-16(2)15-19(25(22,23-3)24-4)21-20(17-11-7-5-8-12-17)18-13-9-6-10-14-18/h5-14,16,19-21H,15H2,1-4H3. The van der Waals surface area contributed by atoms with Crippen molar-refractivity contribution in [2.75, 3.05) is 14.2 Å². The van der Waals surface area contributed by atoms with E-state index in [0.29, 0.717) is 12.3 Å². The molecule has 136 valence electrons. The zero-order valence-electron chi connectivity index (χ0n) is 15.4. The van der Waals surface area contributed by atoms with Crippen LogP contribution in [0.15, 0.2) is 60.7 Å². The van der Waals surface area contributed by atoms with Crippen LogP contribution in [0.1, 0.15) is 37.4 Å². The number of benzene rings is 2. The molecule has 0 aliphatic rings. The Hall–Kier alpha value is -1.45. The van der Waals surface area contributed by atoms with Gasteiger partial charge in [0.05, 0.1) is 6.04 Å². The molecular weight excluding hydrogens is 333 g/mol. The van der Waals surface area contributed by atoms with Gasteiger partial charge in [0.25, 0.3) is 0 Å². The molecule has 1 N–H and O–H groups in total. The molecule has 0 aliphatic carbocycles. The fraction of sp³-hybridized carbons (Fsp3) is 0.400. The Morgan fingerprint density at radius 3 is 1.68 bits per heavy atom. The fourth-order valence-electron chi connectivity index (χ4n) is 2.93. The summed E-state index contributed by atoms with van der Waals surface area (Å²) in [5, 5.41) is 3.55. The Morgan fingerprint density at radius 2 is 1.32 bits per heavy atom. The second-order valence-corrected chi connectivity index (χ2v) is 8.90. The lowest BCUT2D eigenvalue weighted by atomic mass is 9.98.